The molecule has 0 amide bonds. The first-order valence-corrected chi connectivity index (χ1v) is 11.5. The topological polar surface area (TPSA) is 185 Å². The van der Waals surface area contributed by atoms with E-state index in [-0.39, 0.29) is 30.8 Å². The molecule has 0 radical (unpaired) electrons. The smallest absolute Gasteiger partial charge is 0.338 e. The lowest BCUT2D eigenvalue weighted by Gasteiger charge is -2.67. The summed E-state index contributed by atoms with van der Waals surface area (Å²) >= 11 is 0. The van der Waals surface area contributed by atoms with Crippen LogP contribution in [0.2, 0.25) is 0 Å². The normalized spacial score (nSPS) is 51.3. The second kappa shape index (κ2) is 7.34. The van der Waals surface area contributed by atoms with E-state index >= 15 is 0 Å². The molecular formula is C23H28O12. The summed E-state index contributed by atoms with van der Waals surface area (Å²) in [5.41, 5.74) is -3.27. The van der Waals surface area contributed by atoms with Crippen molar-refractivity contribution in [2.24, 2.45) is 11.3 Å². The fourth-order valence-electron chi connectivity index (χ4n) is 6.90. The van der Waals surface area contributed by atoms with Gasteiger partial charge in [-0.05, 0) is 37.6 Å². The van der Waals surface area contributed by atoms with E-state index in [4.69, 9.17) is 23.7 Å². The highest BCUT2D eigenvalue weighted by Gasteiger charge is 2.94. The van der Waals surface area contributed by atoms with Gasteiger partial charge in [-0.3, -0.25) is 0 Å². The summed E-state index contributed by atoms with van der Waals surface area (Å²) in [7, 11) is 0. The molecule has 35 heavy (non-hydrogen) atoms. The zero-order valence-electron chi connectivity index (χ0n) is 18.8. The molecule has 11 atom stereocenters. The Kier molecular flexibility index (Phi) is 4.93. The first kappa shape index (κ1) is 23.5. The fourth-order valence-corrected chi connectivity index (χ4v) is 6.90. The van der Waals surface area contributed by atoms with E-state index in [0.717, 1.165) is 0 Å². The summed E-state index contributed by atoms with van der Waals surface area (Å²) in [5.74, 6) is -2.68. The molecule has 0 unspecified atom stereocenters. The first-order valence-electron chi connectivity index (χ1n) is 11.5. The Hall–Kier alpha value is -1.87. The van der Waals surface area contributed by atoms with Crippen molar-refractivity contribution in [3.8, 4) is 5.75 Å². The Bertz CT molecular complexity index is 1030. The van der Waals surface area contributed by atoms with Gasteiger partial charge in [-0.2, -0.15) is 0 Å². The third kappa shape index (κ3) is 2.80. The van der Waals surface area contributed by atoms with E-state index < -0.39 is 77.9 Å². The maximum Gasteiger partial charge on any atom is 0.338 e. The van der Waals surface area contributed by atoms with E-state index in [9.17, 15) is 35.4 Å². The Morgan fingerprint density at radius 3 is 2.51 bits per heavy atom. The molecule has 4 saturated heterocycles. The van der Waals surface area contributed by atoms with E-state index in [1.54, 1.807) is 6.92 Å². The molecular weight excluding hydrogens is 468 g/mol. The molecule has 8 rings (SSSR count). The van der Waals surface area contributed by atoms with Crippen molar-refractivity contribution >= 4 is 5.97 Å². The number of hydrogen-bond donors (Lipinski definition) is 6. The molecule has 12 heteroatoms. The molecule has 0 aromatic heterocycles. The predicted octanol–water partition coefficient (Wildman–Crippen LogP) is -1.65. The number of esters is 1. The van der Waals surface area contributed by atoms with Crippen molar-refractivity contribution in [3.05, 3.63) is 29.8 Å². The van der Waals surface area contributed by atoms with Crippen molar-refractivity contribution in [2.45, 2.75) is 73.8 Å². The van der Waals surface area contributed by atoms with Crippen LogP contribution in [0.15, 0.2) is 24.3 Å². The number of aliphatic hydroxyl groups excluding tert-OH is 4. The van der Waals surface area contributed by atoms with Gasteiger partial charge in [0.1, 0.15) is 48.0 Å². The number of carbonyl (C=O) groups excluding carboxylic acids is 1. The molecule has 6 N–H and O–H groups in total. The molecule has 7 fully saturated rings. The number of benzene rings is 1. The van der Waals surface area contributed by atoms with Crippen LogP contribution in [0.25, 0.3) is 0 Å². The van der Waals surface area contributed by atoms with Crippen LogP contribution in [-0.2, 0) is 23.7 Å². The third-order valence-electron chi connectivity index (χ3n) is 8.66. The summed E-state index contributed by atoms with van der Waals surface area (Å²) in [6, 6.07) is 5.54. The van der Waals surface area contributed by atoms with Gasteiger partial charge >= 0.3 is 5.97 Å². The number of carbonyl (C=O) groups is 1. The molecule has 4 heterocycles. The van der Waals surface area contributed by atoms with Crippen LogP contribution in [0.3, 0.4) is 0 Å². The summed E-state index contributed by atoms with van der Waals surface area (Å²) < 4.78 is 29.6. The largest absolute Gasteiger partial charge is 0.508 e. The Labute approximate surface area is 199 Å². The predicted molar refractivity (Wildman–Crippen MR) is 110 cm³/mol. The molecule has 6 bridgehead atoms. The molecule has 0 spiro atoms. The van der Waals surface area contributed by atoms with E-state index in [0.29, 0.717) is 0 Å². The van der Waals surface area contributed by atoms with Crippen molar-refractivity contribution in [1.29, 1.82) is 0 Å². The monoisotopic (exact) mass is 496 g/mol. The minimum absolute atomic E-state index is 0.00282. The summed E-state index contributed by atoms with van der Waals surface area (Å²) in [6.45, 7) is 0.878. The molecule has 12 nitrogen and oxygen atoms in total. The van der Waals surface area contributed by atoms with E-state index in [2.05, 4.69) is 0 Å². The van der Waals surface area contributed by atoms with Crippen molar-refractivity contribution in [2.75, 3.05) is 13.2 Å². The molecule has 192 valence electrons. The zero-order chi connectivity index (χ0) is 25.0. The molecule has 3 aliphatic carbocycles. The number of aromatic hydroxyl groups is 1. The number of phenols is 1. The zero-order valence-corrected chi connectivity index (χ0v) is 18.8. The molecule has 3 saturated carbocycles. The van der Waals surface area contributed by atoms with Gasteiger partial charge in [0.25, 0.3) is 0 Å². The van der Waals surface area contributed by atoms with Crippen LogP contribution in [0.5, 0.6) is 5.75 Å². The minimum Gasteiger partial charge on any atom is -0.508 e. The number of hydrogen-bond acceptors (Lipinski definition) is 12. The van der Waals surface area contributed by atoms with Crippen LogP contribution >= 0.6 is 0 Å². The van der Waals surface area contributed by atoms with Gasteiger partial charge in [0.15, 0.2) is 18.4 Å². The molecule has 1 aromatic rings. The Morgan fingerprint density at radius 2 is 1.83 bits per heavy atom. The van der Waals surface area contributed by atoms with Crippen LogP contribution in [0.1, 0.15) is 30.1 Å². The van der Waals surface area contributed by atoms with Gasteiger partial charge in [0.2, 0.25) is 0 Å². The number of aliphatic hydroxyl groups is 5. The Morgan fingerprint density at radius 1 is 1.11 bits per heavy atom. The number of phenolic OH excluding ortho intramolecular Hbond substituents is 1. The van der Waals surface area contributed by atoms with E-state index in [1.807, 2.05) is 0 Å². The lowest BCUT2D eigenvalue weighted by atomic mass is 9.41. The lowest BCUT2D eigenvalue weighted by molar-refractivity contribution is -0.424. The van der Waals surface area contributed by atoms with Crippen LogP contribution in [0, 0.1) is 11.3 Å². The van der Waals surface area contributed by atoms with Gasteiger partial charge in [0, 0.05) is 12.3 Å². The molecule has 4 aliphatic heterocycles. The van der Waals surface area contributed by atoms with Crippen LogP contribution in [0.4, 0.5) is 0 Å². The second-order valence-corrected chi connectivity index (χ2v) is 10.4. The van der Waals surface area contributed by atoms with Crippen LogP contribution in [-0.4, -0.2) is 104 Å². The number of ether oxygens (including phenoxy) is 5. The molecule has 7 aliphatic rings. The van der Waals surface area contributed by atoms with Gasteiger partial charge in [-0.15, -0.1) is 0 Å². The maximum absolute atomic E-state index is 12.7. The van der Waals surface area contributed by atoms with Crippen molar-refractivity contribution < 1.29 is 59.1 Å². The van der Waals surface area contributed by atoms with E-state index in [1.165, 1.54) is 24.3 Å². The molecule has 1 aromatic carbocycles. The van der Waals surface area contributed by atoms with Gasteiger partial charge < -0.3 is 54.3 Å². The van der Waals surface area contributed by atoms with Gasteiger partial charge in [-0.1, -0.05) is 0 Å². The standard InChI is InChI=1S/C23H28O12/c1-20-8-22(30)13-6-23(20,33-18-16(28)15(27)14(26)12(7-24)32-18)21(13,19(34-20)35-22)9-31-17(29)10-2-4-11(25)5-3-10/h2-5,12-16,18-19,24-28,30H,6-9H2,1H3/t12-,13-,14-,15+,16-,18+,19-,20+,21-,22-,23+/m1/s1. The average molecular weight is 496 g/mol. The summed E-state index contributed by atoms with van der Waals surface area (Å²) in [4.78, 5) is 12.7. The highest BCUT2D eigenvalue weighted by atomic mass is 16.8. The van der Waals surface area contributed by atoms with Crippen LogP contribution < -0.4 is 0 Å². The Balaban J connectivity index is 1.31. The summed E-state index contributed by atoms with van der Waals surface area (Å²) in [5, 5.41) is 61.2. The first-order chi connectivity index (χ1) is 16.5. The minimum atomic E-state index is -1.64. The SMILES string of the molecule is C[C@@]12C[C@@]3(O)O[C@@H](O1)[C@@]1(COC(=O)c4ccc(O)cc4)[C@H]3C[C@@]12O[C@@H]1O[C@H](CO)[C@@H](O)[C@H](O)[C@H]1O. The van der Waals surface area contributed by atoms with Gasteiger partial charge in [-0.25, -0.2) is 4.79 Å². The van der Waals surface area contributed by atoms with Crippen molar-refractivity contribution in [3.63, 3.8) is 0 Å². The van der Waals surface area contributed by atoms with Gasteiger partial charge in [0.05, 0.1) is 17.6 Å². The highest BCUT2D eigenvalue weighted by Crippen LogP contribution is 2.81. The lowest BCUT2D eigenvalue weighted by Crippen LogP contribution is -2.80. The average Bonchev–Trinajstić information content (AvgIpc) is 3.00. The second-order valence-electron chi connectivity index (χ2n) is 10.4. The summed E-state index contributed by atoms with van der Waals surface area (Å²) in [6.07, 6.45) is -8.10. The highest BCUT2D eigenvalue weighted by molar-refractivity contribution is 5.89. The third-order valence-corrected chi connectivity index (χ3v) is 8.66. The van der Waals surface area contributed by atoms with Crippen molar-refractivity contribution in [1.82, 2.24) is 0 Å². The quantitative estimate of drug-likeness (QED) is 0.247. The fraction of sp³-hybridized carbons (Fsp3) is 0.696. The maximum atomic E-state index is 12.7. The number of rotatable bonds is 6.